The minimum Gasteiger partial charge on any atom is -0.394 e. The number of aromatic amines is 1. The number of nitrogen functional groups attached to an aromatic ring is 1. The summed E-state index contributed by atoms with van der Waals surface area (Å²) in [5.74, 6) is -0.840. The first-order valence-electron chi connectivity index (χ1n) is 9.11. The molecule has 0 spiro atoms. The number of nitrogens with zero attached hydrogens (tertiary/aromatic N) is 3. The van der Waals surface area contributed by atoms with Crippen LogP contribution in [0.1, 0.15) is 23.0 Å². The van der Waals surface area contributed by atoms with Gasteiger partial charge in [-0.05, 0) is 6.42 Å². The van der Waals surface area contributed by atoms with Crippen LogP contribution >= 0.6 is 0 Å². The second-order valence-electron chi connectivity index (χ2n) is 6.74. The molecule has 0 aromatic carbocycles. The molecule has 164 valence electrons. The van der Waals surface area contributed by atoms with Crippen LogP contribution in [0.4, 0.5) is 5.95 Å². The second-order valence-corrected chi connectivity index (χ2v) is 6.74. The summed E-state index contributed by atoms with van der Waals surface area (Å²) in [6.07, 6.45) is -3.32. The number of hydrogen-bond donors (Lipinski definition) is 8. The van der Waals surface area contributed by atoms with E-state index in [-0.39, 0.29) is 35.0 Å². The minimum atomic E-state index is -1.43. The van der Waals surface area contributed by atoms with Crippen LogP contribution in [0, 0.1) is 0 Å². The molecular formula is C16H24N8O6. The van der Waals surface area contributed by atoms with Crippen molar-refractivity contribution in [2.24, 2.45) is 16.5 Å². The average molecular weight is 424 g/mol. The van der Waals surface area contributed by atoms with Crippen molar-refractivity contribution in [2.45, 2.75) is 31.0 Å². The Hall–Kier alpha value is -3.20. The van der Waals surface area contributed by atoms with E-state index in [4.69, 9.17) is 21.9 Å². The maximum atomic E-state index is 12.7. The minimum absolute atomic E-state index is 0.0169. The quantitative estimate of drug-likeness (QED) is 0.123. The molecule has 2 aromatic rings. The van der Waals surface area contributed by atoms with Gasteiger partial charge in [-0.25, -0.2) is 0 Å². The number of H-pyrrole nitrogens is 1. The lowest BCUT2D eigenvalue weighted by molar-refractivity contribution is -0.0508. The number of guanidine groups is 1. The van der Waals surface area contributed by atoms with Crippen LogP contribution in [-0.2, 0) is 4.74 Å². The smallest absolute Gasteiger partial charge is 0.262 e. The number of ether oxygens (including phenoxy) is 1. The number of aliphatic hydroxyl groups is 3. The highest BCUT2D eigenvalue weighted by Crippen LogP contribution is 2.32. The zero-order chi connectivity index (χ0) is 22.0. The lowest BCUT2D eigenvalue weighted by Crippen LogP contribution is -2.33. The van der Waals surface area contributed by atoms with Gasteiger partial charge in [0, 0.05) is 19.3 Å². The van der Waals surface area contributed by atoms with Gasteiger partial charge < -0.3 is 47.1 Å². The number of aromatic nitrogens is 3. The van der Waals surface area contributed by atoms with E-state index in [0.717, 1.165) is 0 Å². The van der Waals surface area contributed by atoms with Crippen molar-refractivity contribution in [3.63, 3.8) is 0 Å². The number of aliphatic imine (C=N–C) groups is 1. The summed E-state index contributed by atoms with van der Waals surface area (Å²) in [6, 6.07) is 0. The SMILES string of the molecule is NC(N)=NCCCNC(=O)c1cn([C@@H]2O[C@H](CO)[C@@H](O)[C@H]2O)c2nc(N)[nH]c(=O)c12. The van der Waals surface area contributed by atoms with E-state index >= 15 is 0 Å². The van der Waals surface area contributed by atoms with Gasteiger partial charge in [0.15, 0.2) is 17.8 Å². The van der Waals surface area contributed by atoms with Crippen molar-refractivity contribution in [3.05, 3.63) is 22.1 Å². The van der Waals surface area contributed by atoms with Crippen molar-refractivity contribution in [1.29, 1.82) is 0 Å². The number of amides is 1. The largest absolute Gasteiger partial charge is 0.394 e. The van der Waals surface area contributed by atoms with Crippen LogP contribution < -0.4 is 28.1 Å². The Morgan fingerprint density at radius 3 is 2.73 bits per heavy atom. The molecule has 2 aromatic heterocycles. The Labute approximate surface area is 169 Å². The molecule has 1 aliphatic rings. The van der Waals surface area contributed by atoms with Crippen molar-refractivity contribution >= 4 is 28.8 Å². The molecule has 14 nitrogen and oxygen atoms in total. The zero-order valence-electron chi connectivity index (χ0n) is 15.9. The Morgan fingerprint density at radius 2 is 2.10 bits per heavy atom. The fraction of sp³-hybridized carbons (Fsp3) is 0.500. The molecule has 1 fully saturated rings. The molecule has 0 unspecified atom stereocenters. The predicted molar refractivity (Wildman–Crippen MR) is 105 cm³/mol. The fourth-order valence-corrected chi connectivity index (χ4v) is 3.23. The molecule has 30 heavy (non-hydrogen) atoms. The van der Waals surface area contributed by atoms with Gasteiger partial charge >= 0.3 is 0 Å². The molecular weight excluding hydrogens is 400 g/mol. The van der Waals surface area contributed by atoms with Gasteiger partial charge in [0.1, 0.15) is 18.3 Å². The average Bonchev–Trinajstić information content (AvgIpc) is 3.19. The molecule has 0 radical (unpaired) electrons. The maximum Gasteiger partial charge on any atom is 0.262 e. The normalized spacial score (nSPS) is 23.6. The summed E-state index contributed by atoms with van der Waals surface area (Å²) in [6.45, 7) is 0.00918. The monoisotopic (exact) mass is 424 g/mol. The van der Waals surface area contributed by atoms with Crippen LogP contribution in [-0.4, -0.2) is 79.7 Å². The van der Waals surface area contributed by atoms with Crippen LogP contribution in [0.3, 0.4) is 0 Å². The van der Waals surface area contributed by atoms with Gasteiger partial charge in [0.2, 0.25) is 5.95 Å². The molecule has 0 bridgehead atoms. The van der Waals surface area contributed by atoms with Crippen LogP contribution in [0.25, 0.3) is 11.0 Å². The van der Waals surface area contributed by atoms with Gasteiger partial charge in [-0.15, -0.1) is 0 Å². The van der Waals surface area contributed by atoms with Crippen molar-refractivity contribution < 1.29 is 24.9 Å². The Morgan fingerprint density at radius 1 is 1.37 bits per heavy atom. The Kier molecular flexibility index (Phi) is 6.21. The number of fused-ring (bicyclic) bond motifs is 1. The Bertz CT molecular complexity index is 1010. The topological polar surface area (TPSA) is 240 Å². The first kappa shape index (κ1) is 21.5. The van der Waals surface area contributed by atoms with Gasteiger partial charge in [-0.2, -0.15) is 4.98 Å². The van der Waals surface area contributed by atoms with Crippen molar-refractivity contribution in [2.75, 3.05) is 25.4 Å². The third-order valence-corrected chi connectivity index (χ3v) is 4.65. The summed E-state index contributed by atoms with van der Waals surface area (Å²) in [4.78, 5) is 35.3. The number of aliphatic hydroxyl groups excluding tert-OH is 3. The molecule has 0 aliphatic carbocycles. The molecule has 14 heteroatoms. The molecule has 3 rings (SSSR count). The molecule has 1 saturated heterocycles. The first-order chi connectivity index (χ1) is 14.2. The zero-order valence-corrected chi connectivity index (χ0v) is 15.9. The van der Waals surface area contributed by atoms with Gasteiger partial charge in [-0.3, -0.25) is 19.6 Å². The van der Waals surface area contributed by atoms with E-state index in [1.165, 1.54) is 10.8 Å². The molecule has 0 saturated carbocycles. The maximum absolute atomic E-state index is 12.7. The van der Waals surface area contributed by atoms with Gasteiger partial charge in [-0.1, -0.05) is 0 Å². The molecule has 1 amide bonds. The standard InChI is InChI=1S/C16H24N8O6/c17-15(18)21-3-1-2-20-12(28)6-4-24(11-8(6)13(29)23-16(19)22-11)14-10(27)9(26)7(5-25)30-14/h4,7,9-10,14,25-27H,1-3,5H2,(H,20,28)(H4,17,18,21)(H3,19,22,23,29)/t7-,9-,10-,14-/m1/s1. The van der Waals surface area contributed by atoms with Crippen LogP contribution in [0.5, 0.6) is 0 Å². The highest BCUT2D eigenvalue weighted by molar-refractivity contribution is 6.06. The number of rotatable bonds is 7. The third kappa shape index (κ3) is 4.06. The van der Waals surface area contributed by atoms with E-state index in [1.807, 2.05) is 0 Å². The highest BCUT2D eigenvalue weighted by atomic mass is 16.6. The van der Waals surface area contributed by atoms with Gasteiger partial charge in [0.25, 0.3) is 11.5 Å². The number of carbonyl (C=O) groups excluding carboxylic acids is 1. The highest BCUT2D eigenvalue weighted by Gasteiger charge is 2.44. The summed E-state index contributed by atoms with van der Waals surface area (Å²) >= 11 is 0. The predicted octanol–water partition coefficient (Wildman–Crippen LogP) is -3.69. The number of anilines is 1. The van der Waals surface area contributed by atoms with Crippen LogP contribution in [0.2, 0.25) is 0 Å². The summed E-state index contributed by atoms with van der Waals surface area (Å²) in [7, 11) is 0. The van der Waals surface area contributed by atoms with Crippen LogP contribution in [0.15, 0.2) is 16.0 Å². The first-order valence-corrected chi connectivity index (χ1v) is 9.11. The number of carbonyl (C=O) groups is 1. The molecule has 4 atom stereocenters. The second kappa shape index (κ2) is 8.66. The fourth-order valence-electron chi connectivity index (χ4n) is 3.23. The molecule has 3 heterocycles. The van der Waals surface area contributed by atoms with E-state index in [2.05, 4.69) is 20.3 Å². The molecule has 11 N–H and O–H groups in total. The van der Waals surface area contributed by atoms with E-state index < -0.39 is 42.6 Å². The number of nitrogens with two attached hydrogens (primary N) is 3. The Balaban J connectivity index is 1.93. The molecule has 1 aliphatic heterocycles. The van der Waals surface area contributed by atoms with E-state index in [9.17, 15) is 24.9 Å². The lowest BCUT2D eigenvalue weighted by Gasteiger charge is -2.17. The summed E-state index contributed by atoms with van der Waals surface area (Å²) in [5.41, 5.74) is 15.4. The number of nitrogens with one attached hydrogen (secondary N) is 2. The third-order valence-electron chi connectivity index (χ3n) is 4.65. The van der Waals surface area contributed by atoms with Crippen molar-refractivity contribution in [3.8, 4) is 0 Å². The van der Waals surface area contributed by atoms with Crippen molar-refractivity contribution in [1.82, 2.24) is 19.9 Å². The van der Waals surface area contributed by atoms with E-state index in [1.54, 1.807) is 0 Å². The lowest BCUT2D eigenvalue weighted by atomic mass is 10.1. The van der Waals surface area contributed by atoms with E-state index in [0.29, 0.717) is 13.0 Å². The van der Waals surface area contributed by atoms with Gasteiger partial charge in [0.05, 0.1) is 17.6 Å². The number of hydrogen-bond acceptors (Lipinski definition) is 9. The summed E-state index contributed by atoms with van der Waals surface area (Å²) < 4.78 is 6.72. The summed E-state index contributed by atoms with van der Waals surface area (Å²) in [5, 5.41) is 32.2.